The van der Waals surface area contributed by atoms with E-state index in [2.05, 4.69) is 27.0 Å². The number of hydrogen-bond acceptors (Lipinski definition) is 7. The van der Waals surface area contributed by atoms with Crippen molar-refractivity contribution in [2.45, 2.75) is 25.5 Å². The summed E-state index contributed by atoms with van der Waals surface area (Å²) >= 11 is 5.96. The number of aromatic nitrogens is 4. The molecule has 9 nitrogen and oxygen atoms in total. The Hall–Kier alpha value is -4.02. The highest BCUT2D eigenvalue weighted by atomic mass is 35.5. The zero-order chi connectivity index (χ0) is 26.6. The summed E-state index contributed by atoms with van der Waals surface area (Å²) in [5.74, 6) is 0.536. The Kier molecular flexibility index (Phi) is 7.52. The third-order valence-corrected chi connectivity index (χ3v) is 6.70. The lowest BCUT2D eigenvalue weighted by Gasteiger charge is -2.32. The van der Waals surface area contributed by atoms with E-state index in [4.69, 9.17) is 16.3 Å². The van der Waals surface area contributed by atoms with Gasteiger partial charge in [0, 0.05) is 54.3 Å². The molecule has 0 aliphatic carbocycles. The number of aliphatic hydroxyl groups excluding tert-OH is 1. The van der Waals surface area contributed by atoms with Gasteiger partial charge in [-0.1, -0.05) is 18.2 Å². The van der Waals surface area contributed by atoms with Gasteiger partial charge in [-0.05, 0) is 36.4 Å². The fourth-order valence-electron chi connectivity index (χ4n) is 4.45. The molecule has 0 saturated carbocycles. The number of benzene rings is 2. The Bertz CT molecular complexity index is 1490. The third-order valence-electron chi connectivity index (χ3n) is 6.41. The van der Waals surface area contributed by atoms with Crippen molar-refractivity contribution in [2.75, 3.05) is 25.0 Å². The molecule has 3 heterocycles. The van der Waals surface area contributed by atoms with Crippen LogP contribution in [0.3, 0.4) is 0 Å². The molecule has 0 unspecified atom stereocenters. The number of hydrogen-bond donors (Lipinski definition) is 2. The second-order valence-electron chi connectivity index (χ2n) is 8.90. The number of fused-ring (bicyclic) bond motifs is 1. The Morgan fingerprint density at radius 1 is 1.26 bits per heavy atom. The molecule has 2 N–H and O–H groups in total. The first kappa shape index (κ1) is 25.6. The number of amides is 1. The molecule has 4 aromatic rings. The van der Waals surface area contributed by atoms with Crippen LogP contribution in [0.2, 0.25) is 5.02 Å². The third kappa shape index (κ3) is 5.46. The lowest BCUT2D eigenvalue weighted by Crippen LogP contribution is -2.41. The largest absolute Gasteiger partial charge is 0.490 e. The van der Waals surface area contributed by atoms with E-state index in [9.17, 15) is 14.3 Å². The molecule has 11 heteroatoms. The molecule has 1 aliphatic rings. The van der Waals surface area contributed by atoms with Crippen molar-refractivity contribution in [3.8, 4) is 16.9 Å². The van der Waals surface area contributed by atoms with E-state index in [-0.39, 0.29) is 23.6 Å². The molecule has 196 valence electrons. The van der Waals surface area contributed by atoms with Gasteiger partial charge in [-0.25, -0.2) is 14.4 Å². The summed E-state index contributed by atoms with van der Waals surface area (Å²) in [5, 5.41) is 17.5. The average molecular weight is 537 g/mol. The molecule has 38 heavy (non-hydrogen) atoms. The highest BCUT2D eigenvalue weighted by molar-refractivity contribution is 6.31. The topological polar surface area (TPSA) is 105 Å². The molecular formula is C27H26ClFN6O3. The van der Waals surface area contributed by atoms with Gasteiger partial charge in [-0.15, -0.1) is 0 Å². The first-order valence-electron chi connectivity index (χ1n) is 12.2. The van der Waals surface area contributed by atoms with Crippen molar-refractivity contribution in [3.63, 3.8) is 0 Å². The Balaban J connectivity index is 1.51. The summed E-state index contributed by atoms with van der Waals surface area (Å²) in [6.45, 7) is 5.07. The van der Waals surface area contributed by atoms with Crippen molar-refractivity contribution < 1.29 is 19.0 Å². The first-order chi connectivity index (χ1) is 18.4. The predicted molar refractivity (Wildman–Crippen MR) is 143 cm³/mol. The SMILES string of the molecule is C=CC(=O)N1CCC(Oc2cc3c(Nc4ccc(F)c(Cl)c4)ncnc3cc2-c2cnn(CCO)c2)CC1. The highest BCUT2D eigenvalue weighted by Crippen LogP contribution is 2.37. The standard InChI is InChI=1S/C27H26ClFN6O3/c1-2-26(37)34-7-5-19(6-8-34)38-25-13-21-24(12-20(25)17-14-32-35(15-17)9-10-36)30-16-31-27(21)33-18-3-4-23(29)22(28)11-18/h2-4,11-16,19,36H,1,5-10H2,(H,30,31,33). The summed E-state index contributed by atoms with van der Waals surface area (Å²) in [6.07, 6.45) is 7.57. The quantitative estimate of drug-likeness (QED) is 0.318. The number of rotatable bonds is 8. The number of carbonyl (C=O) groups excluding carboxylic acids is 1. The molecule has 5 rings (SSSR count). The molecule has 0 spiro atoms. The van der Waals surface area contributed by atoms with Crippen LogP contribution in [0.25, 0.3) is 22.0 Å². The number of carbonyl (C=O) groups is 1. The van der Waals surface area contributed by atoms with Crippen LogP contribution in [0.15, 0.2) is 61.7 Å². The molecule has 1 aliphatic heterocycles. The maximum atomic E-state index is 13.7. The van der Waals surface area contributed by atoms with Crippen LogP contribution in [0.4, 0.5) is 15.9 Å². The van der Waals surface area contributed by atoms with Gasteiger partial charge in [0.05, 0.1) is 29.9 Å². The molecule has 1 fully saturated rings. The smallest absolute Gasteiger partial charge is 0.245 e. The van der Waals surface area contributed by atoms with Crippen molar-refractivity contribution in [1.82, 2.24) is 24.6 Å². The normalized spacial score (nSPS) is 14.0. The van der Waals surface area contributed by atoms with Crippen LogP contribution in [0, 0.1) is 5.82 Å². The van der Waals surface area contributed by atoms with Crippen molar-refractivity contribution in [3.05, 3.63) is 72.5 Å². The fourth-order valence-corrected chi connectivity index (χ4v) is 4.63. The number of anilines is 2. The number of nitrogens with one attached hydrogen (secondary N) is 1. The number of ether oxygens (including phenoxy) is 1. The zero-order valence-electron chi connectivity index (χ0n) is 20.5. The lowest BCUT2D eigenvalue weighted by molar-refractivity contribution is -0.127. The van der Waals surface area contributed by atoms with Crippen molar-refractivity contribution in [2.24, 2.45) is 0 Å². The average Bonchev–Trinajstić information content (AvgIpc) is 3.39. The van der Waals surface area contributed by atoms with E-state index in [1.54, 1.807) is 21.8 Å². The predicted octanol–water partition coefficient (Wildman–Crippen LogP) is 4.58. The van der Waals surface area contributed by atoms with Gasteiger partial charge in [0.25, 0.3) is 0 Å². The molecular weight excluding hydrogens is 511 g/mol. The van der Waals surface area contributed by atoms with Crippen molar-refractivity contribution in [1.29, 1.82) is 0 Å². The maximum Gasteiger partial charge on any atom is 0.245 e. The second kappa shape index (κ2) is 11.2. The lowest BCUT2D eigenvalue weighted by atomic mass is 10.0. The van der Waals surface area contributed by atoms with Gasteiger partial charge < -0.3 is 20.1 Å². The van der Waals surface area contributed by atoms with Gasteiger partial charge in [-0.3, -0.25) is 9.48 Å². The number of nitrogens with zero attached hydrogens (tertiary/aromatic N) is 5. The maximum absolute atomic E-state index is 13.7. The minimum atomic E-state index is -0.507. The second-order valence-corrected chi connectivity index (χ2v) is 9.31. The summed E-state index contributed by atoms with van der Waals surface area (Å²) in [6, 6.07) is 8.14. The van der Waals surface area contributed by atoms with Gasteiger partial charge in [0.1, 0.15) is 29.8 Å². The van der Waals surface area contributed by atoms with E-state index in [1.807, 2.05) is 18.3 Å². The summed E-state index contributed by atoms with van der Waals surface area (Å²) in [4.78, 5) is 22.6. The van der Waals surface area contributed by atoms with Gasteiger partial charge in [-0.2, -0.15) is 5.10 Å². The number of piperidine rings is 1. The van der Waals surface area contributed by atoms with E-state index < -0.39 is 5.82 Å². The Morgan fingerprint density at radius 3 is 2.82 bits per heavy atom. The molecule has 0 bridgehead atoms. The van der Waals surface area contributed by atoms with Crippen LogP contribution >= 0.6 is 11.6 Å². The molecule has 2 aromatic carbocycles. The highest BCUT2D eigenvalue weighted by Gasteiger charge is 2.24. The first-order valence-corrected chi connectivity index (χ1v) is 12.6. The number of halogens is 2. The van der Waals surface area contributed by atoms with E-state index in [0.29, 0.717) is 60.6 Å². The molecule has 0 atom stereocenters. The van der Waals surface area contributed by atoms with E-state index in [0.717, 1.165) is 11.1 Å². The number of aliphatic hydroxyl groups is 1. The van der Waals surface area contributed by atoms with Crippen LogP contribution in [0.5, 0.6) is 5.75 Å². The van der Waals surface area contributed by atoms with Crippen LogP contribution < -0.4 is 10.1 Å². The molecule has 0 radical (unpaired) electrons. The van der Waals surface area contributed by atoms with Gasteiger partial charge >= 0.3 is 0 Å². The zero-order valence-corrected chi connectivity index (χ0v) is 21.2. The molecule has 1 amide bonds. The summed E-state index contributed by atoms with van der Waals surface area (Å²) in [5.41, 5.74) is 2.85. The van der Waals surface area contributed by atoms with Crippen LogP contribution in [0.1, 0.15) is 12.8 Å². The fraction of sp³-hybridized carbons (Fsp3) is 0.259. The summed E-state index contributed by atoms with van der Waals surface area (Å²) < 4.78 is 21.8. The van der Waals surface area contributed by atoms with Gasteiger partial charge in [0.15, 0.2) is 0 Å². The summed E-state index contributed by atoms with van der Waals surface area (Å²) in [7, 11) is 0. The van der Waals surface area contributed by atoms with Gasteiger partial charge in [0.2, 0.25) is 5.91 Å². The number of likely N-dealkylation sites (tertiary alicyclic amines) is 1. The van der Waals surface area contributed by atoms with E-state index >= 15 is 0 Å². The van der Waals surface area contributed by atoms with E-state index in [1.165, 1.54) is 24.5 Å². The molecule has 2 aromatic heterocycles. The Labute approximate surface area is 223 Å². The van der Waals surface area contributed by atoms with Crippen molar-refractivity contribution >= 4 is 39.9 Å². The molecule has 1 saturated heterocycles. The Morgan fingerprint density at radius 2 is 2.08 bits per heavy atom. The van der Waals surface area contributed by atoms with Crippen LogP contribution in [-0.4, -0.2) is 61.5 Å². The minimum absolute atomic E-state index is 0.000778. The monoisotopic (exact) mass is 536 g/mol. The van der Waals surface area contributed by atoms with Crippen LogP contribution in [-0.2, 0) is 11.3 Å². The minimum Gasteiger partial charge on any atom is -0.490 e.